The number of hydrogen-bond acceptors (Lipinski definition) is 5. The summed E-state index contributed by atoms with van der Waals surface area (Å²) in [5.74, 6) is 0.825. The van der Waals surface area contributed by atoms with Crippen molar-refractivity contribution in [1.82, 2.24) is 14.8 Å². The SMILES string of the molecule is CC(=O)c1ccc(NC(=O)CSc2nnc(-c3ccc(C(C)(C)C)cc3)n2C)cc1. The summed E-state index contributed by atoms with van der Waals surface area (Å²) in [5, 5.41) is 12.0. The summed E-state index contributed by atoms with van der Waals surface area (Å²) in [4.78, 5) is 23.6. The average molecular weight is 423 g/mol. The molecule has 156 valence electrons. The largest absolute Gasteiger partial charge is 0.325 e. The highest BCUT2D eigenvalue weighted by Gasteiger charge is 2.16. The predicted octanol–water partition coefficient (Wildman–Crippen LogP) is 4.71. The number of amides is 1. The van der Waals surface area contributed by atoms with Crippen molar-refractivity contribution in [2.45, 2.75) is 38.3 Å². The summed E-state index contributed by atoms with van der Waals surface area (Å²) in [7, 11) is 1.90. The third-order valence-electron chi connectivity index (χ3n) is 4.75. The highest BCUT2D eigenvalue weighted by molar-refractivity contribution is 7.99. The maximum atomic E-state index is 12.3. The summed E-state index contributed by atoms with van der Waals surface area (Å²) in [5.41, 5.74) is 3.61. The number of carbonyl (C=O) groups excluding carboxylic acids is 2. The molecule has 0 aliphatic rings. The summed E-state index contributed by atoms with van der Waals surface area (Å²) in [6, 6.07) is 15.2. The number of carbonyl (C=O) groups is 2. The van der Waals surface area contributed by atoms with Gasteiger partial charge in [-0.2, -0.15) is 0 Å². The van der Waals surface area contributed by atoms with Crippen LogP contribution in [0.4, 0.5) is 5.69 Å². The molecule has 0 aliphatic carbocycles. The molecule has 30 heavy (non-hydrogen) atoms. The van der Waals surface area contributed by atoms with Crippen molar-refractivity contribution in [3.05, 3.63) is 59.7 Å². The number of aromatic nitrogens is 3. The number of benzene rings is 2. The van der Waals surface area contributed by atoms with E-state index in [1.54, 1.807) is 24.3 Å². The van der Waals surface area contributed by atoms with Crippen LogP contribution in [0, 0.1) is 0 Å². The van der Waals surface area contributed by atoms with Crippen LogP contribution in [0.2, 0.25) is 0 Å². The molecule has 7 heteroatoms. The number of nitrogens with zero attached hydrogens (tertiary/aromatic N) is 3. The minimum Gasteiger partial charge on any atom is -0.325 e. The van der Waals surface area contributed by atoms with Crippen molar-refractivity contribution in [2.24, 2.45) is 7.05 Å². The molecule has 0 radical (unpaired) electrons. The summed E-state index contributed by atoms with van der Waals surface area (Å²) >= 11 is 1.33. The summed E-state index contributed by atoms with van der Waals surface area (Å²) in [6.45, 7) is 8.06. The topological polar surface area (TPSA) is 76.9 Å². The Morgan fingerprint density at radius 3 is 2.20 bits per heavy atom. The molecule has 0 saturated carbocycles. The monoisotopic (exact) mass is 422 g/mol. The van der Waals surface area contributed by atoms with E-state index in [1.165, 1.54) is 24.2 Å². The zero-order chi connectivity index (χ0) is 21.9. The van der Waals surface area contributed by atoms with Gasteiger partial charge in [0.1, 0.15) is 0 Å². The van der Waals surface area contributed by atoms with Gasteiger partial charge < -0.3 is 9.88 Å². The number of hydrogen-bond donors (Lipinski definition) is 1. The number of Topliss-reactive ketones (excluding diaryl/α,β-unsaturated/α-hetero) is 1. The Kier molecular flexibility index (Phi) is 6.41. The quantitative estimate of drug-likeness (QED) is 0.460. The average Bonchev–Trinajstić information content (AvgIpc) is 3.06. The molecule has 0 atom stereocenters. The fraction of sp³-hybridized carbons (Fsp3) is 0.304. The van der Waals surface area contributed by atoms with E-state index in [1.807, 2.05) is 11.6 Å². The minimum absolute atomic E-state index is 0.00503. The lowest BCUT2D eigenvalue weighted by Crippen LogP contribution is -2.14. The first-order chi connectivity index (χ1) is 14.1. The Hall–Kier alpha value is -2.93. The molecule has 0 saturated heterocycles. The van der Waals surface area contributed by atoms with Crippen LogP contribution in [0.15, 0.2) is 53.7 Å². The Balaban J connectivity index is 1.62. The molecule has 0 aliphatic heterocycles. The molecular weight excluding hydrogens is 396 g/mol. The first kappa shape index (κ1) is 21.8. The van der Waals surface area contributed by atoms with Gasteiger partial charge >= 0.3 is 0 Å². The standard InChI is InChI=1S/C23H26N4O2S/c1-15(28)16-8-12-19(13-9-16)24-20(29)14-30-22-26-25-21(27(22)5)17-6-10-18(11-7-17)23(2,3)4/h6-13H,14H2,1-5H3,(H,24,29). The molecule has 3 aromatic rings. The zero-order valence-corrected chi connectivity index (χ0v) is 18.7. The fourth-order valence-electron chi connectivity index (χ4n) is 2.93. The number of ketones is 1. The van der Waals surface area contributed by atoms with E-state index in [4.69, 9.17) is 0 Å². The molecule has 6 nitrogen and oxygen atoms in total. The number of rotatable bonds is 6. The summed E-state index contributed by atoms with van der Waals surface area (Å²) in [6.07, 6.45) is 0. The van der Waals surface area contributed by atoms with Crippen molar-refractivity contribution < 1.29 is 9.59 Å². The van der Waals surface area contributed by atoms with Gasteiger partial charge in [-0.1, -0.05) is 56.8 Å². The van der Waals surface area contributed by atoms with E-state index in [9.17, 15) is 9.59 Å². The van der Waals surface area contributed by atoms with Crippen LogP contribution in [0.25, 0.3) is 11.4 Å². The Labute approximate surface area is 181 Å². The molecule has 1 heterocycles. The first-order valence-electron chi connectivity index (χ1n) is 9.69. The van der Waals surface area contributed by atoms with Crippen molar-refractivity contribution in [3.8, 4) is 11.4 Å². The van der Waals surface area contributed by atoms with Gasteiger partial charge in [0.2, 0.25) is 5.91 Å². The predicted molar refractivity (Wildman–Crippen MR) is 121 cm³/mol. The van der Waals surface area contributed by atoms with Gasteiger partial charge in [-0.05, 0) is 42.2 Å². The molecular formula is C23H26N4O2S. The first-order valence-corrected chi connectivity index (χ1v) is 10.7. The molecule has 0 unspecified atom stereocenters. The maximum Gasteiger partial charge on any atom is 0.234 e. The second-order valence-electron chi connectivity index (χ2n) is 8.16. The van der Waals surface area contributed by atoms with Crippen LogP contribution >= 0.6 is 11.8 Å². The molecule has 1 N–H and O–H groups in total. The van der Waals surface area contributed by atoms with Crippen LogP contribution in [-0.4, -0.2) is 32.2 Å². The molecule has 2 aromatic carbocycles. The second kappa shape index (κ2) is 8.83. The Bertz CT molecular complexity index is 1050. The number of anilines is 1. The van der Waals surface area contributed by atoms with E-state index >= 15 is 0 Å². The van der Waals surface area contributed by atoms with Gasteiger partial charge in [-0.3, -0.25) is 9.59 Å². The van der Waals surface area contributed by atoms with Crippen LogP contribution in [0.1, 0.15) is 43.6 Å². The Morgan fingerprint density at radius 1 is 1.00 bits per heavy atom. The number of thioether (sulfide) groups is 1. The van der Waals surface area contributed by atoms with E-state index in [0.29, 0.717) is 16.4 Å². The van der Waals surface area contributed by atoms with Crippen LogP contribution < -0.4 is 5.32 Å². The van der Waals surface area contributed by atoms with Crippen molar-refractivity contribution in [2.75, 3.05) is 11.1 Å². The van der Waals surface area contributed by atoms with Crippen molar-refractivity contribution in [3.63, 3.8) is 0 Å². The normalized spacial score (nSPS) is 11.4. The van der Waals surface area contributed by atoms with E-state index < -0.39 is 0 Å². The van der Waals surface area contributed by atoms with Gasteiger partial charge in [0.25, 0.3) is 0 Å². The lowest BCUT2D eigenvalue weighted by atomic mass is 9.87. The number of nitrogens with one attached hydrogen (secondary N) is 1. The van der Waals surface area contributed by atoms with Gasteiger partial charge in [-0.25, -0.2) is 0 Å². The van der Waals surface area contributed by atoms with Crippen molar-refractivity contribution >= 4 is 29.1 Å². The third kappa shape index (κ3) is 5.16. The molecule has 0 fully saturated rings. The fourth-order valence-corrected chi connectivity index (χ4v) is 3.64. The van der Waals surface area contributed by atoms with E-state index in [2.05, 4.69) is 60.6 Å². The van der Waals surface area contributed by atoms with Crippen molar-refractivity contribution in [1.29, 1.82) is 0 Å². The van der Waals surface area contributed by atoms with Crippen LogP contribution in [-0.2, 0) is 17.3 Å². The zero-order valence-electron chi connectivity index (χ0n) is 17.9. The highest BCUT2D eigenvalue weighted by atomic mass is 32.2. The Morgan fingerprint density at radius 2 is 1.63 bits per heavy atom. The third-order valence-corrected chi connectivity index (χ3v) is 5.77. The minimum atomic E-state index is -0.144. The van der Waals surface area contributed by atoms with Gasteiger partial charge in [-0.15, -0.1) is 10.2 Å². The molecule has 3 rings (SSSR count). The second-order valence-corrected chi connectivity index (χ2v) is 9.11. The van der Waals surface area contributed by atoms with Crippen LogP contribution in [0.5, 0.6) is 0 Å². The lowest BCUT2D eigenvalue weighted by molar-refractivity contribution is -0.113. The maximum absolute atomic E-state index is 12.3. The summed E-state index contributed by atoms with van der Waals surface area (Å²) < 4.78 is 1.89. The van der Waals surface area contributed by atoms with E-state index in [0.717, 1.165) is 11.4 Å². The molecule has 1 aromatic heterocycles. The smallest absolute Gasteiger partial charge is 0.234 e. The molecule has 0 spiro atoms. The van der Waals surface area contributed by atoms with Gasteiger partial charge in [0.05, 0.1) is 5.75 Å². The molecule has 1 amide bonds. The highest BCUT2D eigenvalue weighted by Crippen LogP contribution is 2.27. The molecule has 0 bridgehead atoms. The van der Waals surface area contributed by atoms with Crippen LogP contribution in [0.3, 0.4) is 0 Å². The van der Waals surface area contributed by atoms with E-state index in [-0.39, 0.29) is 22.9 Å². The van der Waals surface area contributed by atoms with Gasteiger partial charge in [0, 0.05) is 23.9 Å². The lowest BCUT2D eigenvalue weighted by Gasteiger charge is -2.19. The van der Waals surface area contributed by atoms with Gasteiger partial charge in [0.15, 0.2) is 16.8 Å².